The van der Waals surface area contributed by atoms with Crippen molar-refractivity contribution in [1.29, 1.82) is 0 Å². The van der Waals surface area contributed by atoms with Crippen LogP contribution in [0.3, 0.4) is 0 Å². The monoisotopic (exact) mass is 537 g/mol. The minimum atomic E-state index is -3.83. The number of fused-ring (bicyclic) bond motifs is 2. The second kappa shape index (κ2) is 9.16. The summed E-state index contributed by atoms with van der Waals surface area (Å²) in [6.07, 6.45) is 3.37. The van der Waals surface area contributed by atoms with Crippen molar-refractivity contribution in [2.45, 2.75) is 50.0 Å². The Labute approximate surface area is 219 Å². The molecule has 4 aromatic rings. The van der Waals surface area contributed by atoms with Crippen molar-refractivity contribution in [3.63, 3.8) is 0 Å². The Balaban J connectivity index is 1.27. The lowest BCUT2D eigenvalue weighted by atomic mass is 10.0. The summed E-state index contributed by atoms with van der Waals surface area (Å²) in [5.74, 6) is 2.64. The molecule has 0 saturated heterocycles. The molecule has 37 heavy (non-hydrogen) atoms. The molecule has 3 heterocycles. The Morgan fingerprint density at radius 3 is 2.70 bits per heavy atom. The van der Waals surface area contributed by atoms with Crippen LogP contribution in [0.4, 0.5) is 0 Å². The van der Waals surface area contributed by atoms with Gasteiger partial charge in [0.1, 0.15) is 29.6 Å². The van der Waals surface area contributed by atoms with Crippen LogP contribution in [-0.2, 0) is 29.5 Å². The average Bonchev–Trinajstić information content (AvgIpc) is 3.65. The van der Waals surface area contributed by atoms with Gasteiger partial charge in [0.05, 0.1) is 21.2 Å². The molecule has 190 valence electrons. The van der Waals surface area contributed by atoms with Gasteiger partial charge >= 0.3 is 0 Å². The Bertz CT molecular complexity index is 1610. The maximum absolute atomic E-state index is 11.8. The third-order valence-electron chi connectivity index (χ3n) is 6.71. The summed E-state index contributed by atoms with van der Waals surface area (Å²) in [5, 5.41) is 10.3. The zero-order chi connectivity index (χ0) is 25.7. The van der Waals surface area contributed by atoms with E-state index >= 15 is 0 Å². The van der Waals surface area contributed by atoms with Gasteiger partial charge in [-0.25, -0.2) is 18.5 Å². The smallest absolute Gasteiger partial charge is 0.238 e. The fraction of sp³-hybridized carbons (Fsp3) is 0.259. The number of nitrogens with zero attached hydrogens (tertiary/aromatic N) is 2. The summed E-state index contributed by atoms with van der Waals surface area (Å²) in [4.78, 5) is 4.69. The van der Waals surface area contributed by atoms with Crippen molar-refractivity contribution in [3.05, 3.63) is 81.7 Å². The topological polar surface area (TPSA) is 118 Å². The van der Waals surface area contributed by atoms with Gasteiger partial charge in [0.25, 0.3) is 0 Å². The van der Waals surface area contributed by atoms with E-state index in [1.54, 1.807) is 18.2 Å². The van der Waals surface area contributed by atoms with E-state index in [9.17, 15) is 8.42 Å². The summed E-state index contributed by atoms with van der Waals surface area (Å²) < 4.78 is 41.5. The van der Waals surface area contributed by atoms with Crippen LogP contribution >= 0.6 is 11.6 Å². The van der Waals surface area contributed by atoms with Crippen LogP contribution in [0.5, 0.6) is 17.4 Å². The van der Waals surface area contributed by atoms with Gasteiger partial charge in [-0.15, -0.1) is 0 Å². The minimum absolute atomic E-state index is 0.00682. The number of primary sulfonamides is 1. The maximum atomic E-state index is 11.8. The lowest BCUT2D eigenvalue weighted by molar-refractivity contribution is 0.287. The highest BCUT2D eigenvalue weighted by Crippen LogP contribution is 2.45. The molecule has 0 bridgehead atoms. The van der Waals surface area contributed by atoms with E-state index in [0.29, 0.717) is 46.9 Å². The lowest BCUT2D eigenvalue weighted by Gasteiger charge is -2.12. The molecule has 6 rings (SSSR count). The van der Waals surface area contributed by atoms with E-state index in [1.807, 2.05) is 25.1 Å². The van der Waals surface area contributed by atoms with E-state index in [-0.39, 0.29) is 11.5 Å². The minimum Gasteiger partial charge on any atom is -0.473 e. The summed E-state index contributed by atoms with van der Waals surface area (Å²) in [6, 6.07) is 13.9. The van der Waals surface area contributed by atoms with Gasteiger partial charge in [-0.1, -0.05) is 35.0 Å². The zero-order valence-corrected chi connectivity index (χ0v) is 21.6. The van der Waals surface area contributed by atoms with Crippen molar-refractivity contribution in [3.8, 4) is 28.6 Å². The number of rotatable bonds is 6. The van der Waals surface area contributed by atoms with Gasteiger partial charge in [0.2, 0.25) is 15.9 Å². The quantitative estimate of drug-likeness (QED) is 0.335. The molecular formula is C27H24ClN3O5S. The molecule has 1 fully saturated rings. The second-order valence-electron chi connectivity index (χ2n) is 9.38. The molecule has 0 spiro atoms. The first-order valence-electron chi connectivity index (χ1n) is 12.0. The molecule has 2 aromatic carbocycles. The van der Waals surface area contributed by atoms with E-state index in [4.69, 9.17) is 30.7 Å². The van der Waals surface area contributed by atoms with Crippen molar-refractivity contribution < 1.29 is 22.4 Å². The van der Waals surface area contributed by atoms with Crippen molar-refractivity contribution in [1.82, 2.24) is 10.1 Å². The van der Waals surface area contributed by atoms with Crippen LogP contribution in [-0.4, -0.2) is 18.6 Å². The second-order valence-corrected chi connectivity index (χ2v) is 11.3. The third kappa shape index (κ3) is 4.70. The fourth-order valence-corrected chi connectivity index (χ4v) is 5.45. The van der Waals surface area contributed by atoms with Crippen molar-refractivity contribution in [2.24, 2.45) is 5.14 Å². The summed E-state index contributed by atoms with van der Waals surface area (Å²) in [5.41, 5.74) is 5.04. The molecule has 0 unspecified atom stereocenters. The maximum Gasteiger partial charge on any atom is 0.238 e. The molecule has 0 amide bonds. The van der Waals surface area contributed by atoms with Gasteiger partial charge in [0.15, 0.2) is 0 Å². The van der Waals surface area contributed by atoms with Gasteiger partial charge in [-0.3, -0.25) is 0 Å². The number of hydrogen-bond acceptors (Lipinski definition) is 7. The normalized spacial score (nSPS) is 14.9. The Morgan fingerprint density at radius 2 is 1.95 bits per heavy atom. The average molecular weight is 538 g/mol. The molecule has 1 saturated carbocycles. The van der Waals surface area contributed by atoms with Gasteiger partial charge < -0.3 is 14.0 Å². The number of hydrogen-bond donors (Lipinski definition) is 1. The highest BCUT2D eigenvalue weighted by molar-refractivity contribution is 7.89. The van der Waals surface area contributed by atoms with Gasteiger partial charge in [-0.05, 0) is 61.9 Å². The molecule has 2 N–H and O–H groups in total. The molecule has 1 aliphatic heterocycles. The Hall–Kier alpha value is -3.40. The SMILES string of the molecule is Cc1cccc(Cl)c1-c1noc(C2CC2)c1COc1ccc2c(n1)CCc1ccc(S(N)(=O)=O)cc1O2. The standard InChI is InChI=1S/C27H24ClN3O5S/c1-15-3-2-4-20(28)25(15)26-19(27(36-31-26)17-5-6-17)14-34-24-12-11-22-21(30-24)10-8-16-7-9-18(37(29,32)33)13-23(16)35-22/h2-4,7,9,11-13,17H,5-6,8,10,14H2,1H3,(H2,29,32,33). The van der Waals surface area contributed by atoms with Crippen LogP contribution in [0.1, 0.15) is 46.9 Å². The first kappa shape index (κ1) is 24.0. The number of halogens is 1. The number of aromatic nitrogens is 2. The Morgan fingerprint density at radius 1 is 1.11 bits per heavy atom. The summed E-state index contributed by atoms with van der Waals surface area (Å²) in [6.45, 7) is 2.23. The van der Waals surface area contributed by atoms with Gasteiger partial charge in [-0.2, -0.15) is 0 Å². The van der Waals surface area contributed by atoms with Gasteiger partial charge in [0, 0.05) is 23.6 Å². The highest BCUT2D eigenvalue weighted by Gasteiger charge is 2.33. The summed E-state index contributed by atoms with van der Waals surface area (Å²) >= 11 is 6.54. The molecule has 8 nitrogen and oxygen atoms in total. The molecule has 0 radical (unpaired) electrons. The first-order chi connectivity index (χ1) is 17.8. The van der Waals surface area contributed by atoms with E-state index in [2.05, 4.69) is 10.1 Å². The van der Waals surface area contributed by atoms with Crippen molar-refractivity contribution in [2.75, 3.05) is 0 Å². The number of benzene rings is 2. The van der Waals surface area contributed by atoms with E-state index in [1.165, 1.54) is 12.1 Å². The lowest BCUT2D eigenvalue weighted by Crippen LogP contribution is -2.12. The number of pyridine rings is 1. The zero-order valence-electron chi connectivity index (χ0n) is 20.0. The number of aryl methyl sites for hydroxylation is 3. The first-order valence-corrected chi connectivity index (χ1v) is 13.9. The third-order valence-corrected chi connectivity index (χ3v) is 7.94. The molecule has 1 aliphatic carbocycles. The molecular weight excluding hydrogens is 514 g/mol. The number of sulfonamides is 1. The van der Waals surface area contributed by atoms with Crippen LogP contribution in [0.15, 0.2) is 57.9 Å². The number of nitrogens with two attached hydrogens (primary N) is 1. The van der Waals surface area contributed by atoms with E-state index in [0.717, 1.165) is 46.5 Å². The largest absolute Gasteiger partial charge is 0.473 e. The van der Waals surface area contributed by atoms with Crippen LogP contribution in [0.2, 0.25) is 5.02 Å². The molecule has 0 atom stereocenters. The predicted molar refractivity (Wildman–Crippen MR) is 138 cm³/mol. The number of ether oxygens (including phenoxy) is 2. The van der Waals surface area contributed by atoms with E-state index < -0.39 is 10.0 Å². The molecule has 2 aliphatic rings. The predicted octanol–water partition coefficient (Wildman–Crippen LogP) is 5.69. The summed E-state index contributed by atoms with van der Waals surface area (Å²) in [7, 11) is -3.83. The fourth-order valence-electron chi connectivity index (χ4n) is 4.61. The molecule has 10 heteroatoms. The molecule has 2 aromatic heterocycles. The van der Waals surface area contributed by atoms with Crippen LogP contribution < -0.4 is 14.6 Å². The van der Waals surface area contributed by atoms with Crippen molar-refractivity contribution >= 4 is 21.6 Å². The Kier molecular flexibility index (Phi) is 5.94. The van der Waals surface area contributed by atoms with Crippen LogP contribution in [0.25, 0.3) is 11.3 Å². The highest BCUT2D eigenvalue weighted by atomic mass is 35.5. The van der Waals surface area contributed by atoms with Crippen LogP contribution in [0, 0.1) is 6.92 Å².